The van der Waals surface area contributed by atoms with Crippen LogP contribution in [-0.4, -0.2) is 28.5 Å². The van der Waals surface area contributed by atoms with Crippen LogP contribution in [0.3, 0.4) is 0 Å². The molecule has 0 radical (unpaired) electrons. The third kappa shape index (κ3) is 4.09. The first-order valence-electron chi connectivity index (χ1n) is 8.76. The lowest BCUT2D eigenvalue weighted by molar-refractivity contribution is -0.0129. The van der Waals surface area contributed by atoms with Crippen LogP contribution >= 0.6 is 0 Å². The molecule has 0 spiro atoms. The second-order valence-corrected chi connectivity index (χ2v) is 7.43. The molecule has 0 saturated heterocycles. The van der Waals surface area contributed by atoms with Crippen molar-refractivity contribution in [2.24, 2.45) is 5.92 Å². The monoisotopic (exact) mass is 303 g/mol. The fourth-order valence-electron chi connectivity index (χ4n) is 3.70. The molecule has 1 aromatic rings. The summed E-state index contributed by atoms with van der Waals surface area (Å²) >= 11 is 0. The number of benzene rings is 1. The molecule has 3 rings (SSSR count). The Bertz CT molecular complexity index is 508. The van der Waals surface area contributed by atoms with Gasteiger partial charge in [-0.25, -0.2) is 0 Å². The fraction of sp³-hybridized carbons (Fsp3) is 0.684. The molecule has 1 saturated carbocycles. The predicted octanol–water partition coefficient (Wildman–Crippen LogP) is 2.57. The first-order chi connectivity index (χ1) is 10.5. The number of hydrogen-bond donors (Lipinski definition) is 3. The molecule has 0 bridgehead atoms. The minimum absolute atomic E-state index is 0.391. The van der Waals surface area contributed by atoms with Gasteiger partial charge in [0.05, 0.1) is 11.7 Å². The largest absolute Gasteiger partial charge is 0.392 e. The van der Waals surface area contributed by atoms with Gasteiger partial charge in [-0.3, -0.25) is 0 Å². The van der Waals surface area contributed by atoms with Crippen LogP contribution in [0.5, 0.6) is 0 Å². The molecule has 0 heterocycles. The zero-order valence-electron chi connectivity index (χ0n) is 13.6. The first kappa shape index (κ1) is 16.0. The summed E-state index contributed by atoms with van der Waals surface area (Å²) in [5.41, 5.74) is 3.60. The van der Waals surface area contributed by atoms with Crippen molar-refractivity contribution in [3.8, 4) is 0 Å². The van der Waals surface area contributed by atoms with Crippen molar-refractivity contribution < 1.29 is 10.2 Å². The molecule has 0 amide bonds. The number of rotatable bonds is 7. The van der Waals surface area contributed by atoms with Crippen molar-refractivity contribution in [3.63, 3.8) is 0 Å². The smallest absolute Gasteiger partial charge is 0.0692 e. The lowest BCUT2D eigenvalue weighted by Gasteiger charge is -2.26. The lowest BCUT2D eigenvalue weighted by atomic mass is 9.90. The van der Waals surface area contributed by atoms with E-state index in [9.17, 15) is 10.2 Å². The zero-order chi connectivity index (χ0) is 15.6. The Balaban J connectivity index is 1.44. The van der Waals surface area contributed by atoms with Crippen molar-refractivity contribution in [3.05, 3.63) is 34.9 Å². The fourth-order valence-corrected chi connectivity index (χ4v) is 3.70. The van der Waals surface area contributed by atoms with E-state index in [2.05, 4.69) is 23.5 Å². The second kappa shape index (κ2) is 6.69. The molecule has 122 valence electrons. The molecule has 3 nitrogen and oxygen atoms in total. The molecule has 0 aromatic heterocycles. The van der Waals surface area contributed by atoms with Gasteiger partial charge in [0.15, 0.2) is 0 Å². The van der Waals surface area contributed by atoms with E-state index in [-0.39, 0.29) is 0 Å². The van der Waals surface area contributed by atoms with E-state index < -0.39 is 11.7 Å². The van der Waals surface area contributed by atoms with Crippen LogP contribution < -0.4 is 5.32 Å². The van der Waals surface area contributed by atoms with E-state index in [0.717, 1.165) is 19.4 Å². The highest BCUT2D eigenvalue weighted by atomic mass is 16.3. The lowest BCUT2D eigenvalue weighted by Crippen LogP contribution is -2.37. The molecule has 0 aliphatic heterocycles. The van der Waals surface area contributed by atoms with E-state index in [0.29, 0.717) is 18.9 Å². The highest BCUT2D eigenvalue weighted by molar-refractivity contribution is 5.33. The average molecular weight is 303 g/mol. The van der Waals surface area contributed by atoms with E-state index in [1.807, 2.05) is 6.92 Å². The number of hydrogen-bond acceptors (Lipinski definition) is 3. The molecule has 1 aromatic carbocycles. The molecule has 1 fully saturated rings. The highest BCUT2D eigenvalue weighted by Gasteiger charge is 2.40. The van der Waals surface area contributed by atoms with Gasteiger partial charge in [-0.15, -0.1) is 0 Å². The zero-order valence-corrected chi connectivity index (χ0v) is 13.6. The second-order valence-electron chi connectivity index (χ2n) is 7.43. The van der Waals surface area contributed by atoms with E-state index in [1.165, 1.54) is 42.4 Å². The van der Waals surface area contributed by atoms with Crippen LogP contribution in [0, 0.1) is 5.92 Å². The van der Waals surface area contributed by atoms with Crippen molar-refractivity contribution in [2.45, 2.75) is 70.1 Å². The maximum atomic E-state index is 10.3. The standard InChI is InChI=1S/C19H29NO2/c1-19(22,17-8-9-17)11-18(21)13-20-12-14-6-7-15-4-2-3-5-16(15)10-14/h6-7,10,17-18,20-22H,2-5,8-9,11-13H2,1H3. The Morgan fingerprint density at radius 1 is 1.23 bits per heavy atom. The minimum Gasteiger partial charge on any atom is -0.392 e. The maximum Gasteiger partial charge on any atom is 0.0692 e. The summed E-state index contributed by atoms with van der Waals surface area (Å²) in [5, 5.41) is 23.7. The number of fused-ring (bicyclic) bond motifs is 1. The van der Waals surface area contributed by atoms with E-state index in [1.54, 1.807) is 0 Å². The molecule has 3 N–H and O–H groups in total. The van der Waals surface area contributed by atoms with Crippen LogP contribution in [0.15, 0.2) is 18.2 Å². The third-order valence-electron chi connectivity index (χ3n) is 5.23. The van der Waals surface area contributed by atoms with Gasteiger partial charge < -0.3 is 15.5 Å². The predicted molar refractivity (Wildman–Crippen MR) is 88.8 cm³/mol. The average Bonchev–Trinajstić information content (AvgIpc) is 3.31. The molecule has 2 aliphatic carbocycles. The van der Waals surface area contributed by atoms with Crippen molar-refractivity contribution in [1.82, 2.24) is 5.32 Å². The Morgan fingerprint density at radius 2 is 1.95 bits per heavy atom. The Hall–Kier alpha value is -0.900. The molecule has 2 aliphatic rings. The van der Waals surface area contributed by atoms with Crippen LogP contribution in [0.2, 0.25) is 0 Å². The summed E-state index contributed by atoms with van der Waals surface area (Å²) in [6.45, 7) is 3.19. The highest BCUT2D eigenvalue weighted by Crippen LogP contribution is 2.41. The number of aryl methyl sites for hydroxylation is 2. The molecule has 2 unspecified atom stereocenters. The third-order valence-corrected chi connectivity index (χ3v) is 5.23. The summed E-state index contributed by atoms with van der Waals surface area (Å²) in [5.74, 6) is 0.391. The summed E-state index contributed by atoms with van der Waals surface area (Å²) in [6, 6.07) is 6.78. The Kier molecular flexibility index (Phi) is 4.86. The first-order valence-corrected chi connectivity index (χ1v) is 8.76. The summed E-state index contributed by atoms with van der Waals surface area (Å²) < 4.78 is 0. The van der Waals surface area contributed by atoms with Gasteiger partial charge in [-0.1, -0.05) is 18.2 Å². The van der Waals surface area contributed by atoms with Crippen LogP contribution in [0.4, 0.5) is 0 Å². The SMILES string of the molecule is CC(O)(CC(O)CNCc1ccc2c(c1)CCCC2)C1CC1. The molecular weight excluding hydrogens is 274 g/mol. The van der Waals surface area contributed by atoms with Crippen LogP contribution in [0.1, 0.15) is 55.7 Å². The maximum absolute atomic E-state index is 10.3. The van der Waals surface area contributed by atoms with Gasteiger partial charge in [0.1, 0.15) is 0 Å². The normalized spacial score (nSPS) is 22.0. The van der Waals surface area contributed by atoms with E-state index in [4.69, 9.17) is 0 Å². The molecule has 2 atom stereocenters. The van der Waals surface area contributed by atoms with Gasteiger partial charge in [0.25, 0.3) is 0 Å². The van der Waals surface area contributed by atoms with E-state index >= 15 is 0 Å². The summed E-state index contributed by atoms with van der Waals surface area (Å²) in [4.78, 5) is 0. The summed E-state index contributed by atoms with van der Waals surface area (Å²) in [7, 11) is 0. The molecule has 3 heteroatoms. The van der Waals surface area contributed by atoms with Crippen molar-refractivity contribution >= 4 is 0 Å². The van der Waals surface area contributed by atoms with Crippen molar-refractivity contribution in [1.29, 1.82) is 0 Å². The van der Waals surface area contributed by atoms with Gasteiger partial charge in [-0.05, 0) is 68.1 Å². The van der Waals surface area contributed by atoms with Crippen molar-refractivity contribution in [2.75, 3.05) is 6.54 Å². The molecule has 22 heavy (non-hydrogen) atoms. The number of aliphatic hydroxyl groups is 2. The van der Waals surface area contributed by atoms with Gasteiger partial charge in [0, 0.05) is 19.5 Å². The molecular formula is C19H29NO2. The Morgan fingerprint density at radius 3 is 2.68 bits per heavy atom. The quantitative estimate of drug-likeness (QED) is 0.725. The van der Waals surface area contributed by atoms with Crippen LogP contribution in [0.25, 0.3) is 0 Å². The van der Waals surface area contributed by atoms with Gasteiger partial charge in [-0.2, -0.15) is 0 Å². The van der Waals surface area contributed by atoms with Crippen LogP contribution in [-0.2, 0) is 19.4 Å². The number of aliphatic hydroxyl groups excluding tert-OH is 1. The Labute approximate surface area is 133 Å². The topological polar surface area (TPSA) is 52.5 Å². The summed E-state index contributed by atoms with van der Waals surface area (Å²) in [6.07, 6.45) is 7.23. The van der Waals surface area contributed by atoms with Gasteiger partial charge in [0.2, 0.25) is 0 Å². The minimum atomic E-state index is -0.701. The number of nitrogens with one attached hydrogen (secondary N) is 1. The van der Waals surface area contributed by atoms with Gasteiger partial charge >= 0.3 is 0 Å².